The number of rotatable bonds is 8. The Bertz CT molecular complexity index is 332. The zero-order chi connectivity index (χ0) is 12.5. The van der Waals surface area contributed by atoms with Crippen molar-refractivity contribution in [2.24, 2.45) is 0 Å². The van der Waals surface area contributed by atoms with Crippen molar-refractivity contribution < 1.29 is 9.47 Å². The highest BCUT2D eigenvalue weighted by molar-refractivity contribution is 5.38. The third-order valence-electron chi connectivity index (χ3n) is 2.13. The molecule has 0 aromatic carbocycles. The maximum absolute atomic E-state index is 5.52. The number of methoxy groups -OCH3 is 1. The average molecular weight is 239 g/mol. The lowest BCUT2D eigenvalue weighted by molar-refractivity contribution is 0.210. The van der Waals surface area contributed by atoms with Crippen LogP contribution in [-0.2, 0) is 11.2 Å². The quantitative estimate of drug-likeness (QED) is 0.702. The summed E-state index contributed by atoms with van der Waals surface area (Å²) in [5.74, 6) is 2.22. The molecule has 17 heavy (non-hydrogen) atoms. The first kappa shape index (κ1) is 13.7. The molecule has 0 unspecified atom stereocenters. The van der Waals surface area contributed by atoms with E-state index in [1.165, 1.54) is 0 Å². The summed E-state index contributed by atoms with van der Waals surface area (Å²) in [5, 5.41) is 3.18. The summed E-state index contributed by atoms with van der Waals surface area (Å²) in [6.07, 6.45) is 1.76. The van der Waals surface area contributed by atoms with E-state index in [1.54, 1.807) is 7.11 Å². The first-order valence-electron chi connectivity index (χ1n) is 6.03. The lowest BCUT2D eigenvalue weighted by Gasteiger charge is -2.09. The Morgan fingerprint density at radius 3 is 2.71 bits per heavy atom. The van der Waals surface area contributed by atoms with Gasteiger partial charge in [-0.25, -0.2) is 4.98 Å². The third kappa shape index (κ3) is 4.99. The number of nitrogens with one attached hydrogen (secondary N) is 1. The molecule has 1 heterocycles. The maximum Gasteiger partial charge on any atom is 0.218 e. The molecule has 0 amide bonds. The molecule has 0 fully saturated rings. The van der Waals surface area contributed by atoms with E-state index >= 15 is 0 Å². The second kappa shape index (κ2) is 7.84. The number of nitrogens with zero attached hydrogens (tertiary/aromatic N) is 2. The predicted molar refractivity (Wildman–Crippen MR) is 67.6 cm³/mol. The fourth-order valence-electron chi connectivity index (χ4n) is 1.28. The Morgan fingerprint density at radius 1 is 1.24 bits per heavy atom. The first-order valence-corrected chi connectivity index (χ1v) is 6.03. The standard InChI is InChI=1S/C12H21N3O2/c1-4-7-17-12-9-11(13-6-8-16-3)14-10(5-2)15-12/h9H,4-8H2,1-3H3,(H,13,14,15). The summed E-state index contributed by atoms with van der Waals surface area (Å²) in [5.41, 5.74) is 0. The maximum atomic E-state index is 5.52. The van der Waals surface area contributed by atoms with Crippen LogP contribution in [0.3, 0.4) is 0 Å². The van der Waals surface area contributed by atoms with Gasteiger partial charge < -0.3 is 14.8 Å². The van der Waals surface area contributed by atoms with Crippen LogP contribution in [0.15, 0.2) is 6.07 Å². The molecule has 5 heteroatoms. The van der Waals surface area contributed by atoms with Crippen molar-refractivity contribution in [3.8, 4) is 5.88 Å². The van der Waals surface area contributed by atoms with E-state index < -0.39 is 0 Å². The van der Waals surface area contributed by atoms with Gasteiger partial charge in [0.25, 0.3) is 0 Å². The highest BCUT2D eigenvalue weighted by Gasteiger charge is 2.03. The second-order valence-corrected chi connectivity index (χ2v) is 3.63. The summed E-state index contributed by atoms with van der Waals surface area (Å²) >= 11 is 0. The number of anilines is 1. The molecule has 0 saturated heterocycles. The molecule has 0 saturated carbocycles. The lowest BCUT2D eigenvalue weighted by Crippen LogP contribution is -2.11. The van der Waals surface area contributed by atoms with Crippen LogP contribution in [0.5, 0.6) is 5.88 Å². The van der Waals surface area contributed by atoms with Crippen LogP contribution in [0, 0.1) is 0 Å². The molecule has 0 radical (unpaired) electrons. The van der Waals surface area contributed by atoms with E-state index in [-0.39, 0.29) is 0 Å². The van der Waals surface area contributed by atoms with Gasteiger partial charge in [0, 0.05) is 26.1 Å². The number of hydrogen-bond acceptors (Lipinski definition) is 5. The second-order valence-electron chi connectivity index (χ2n) is 3.63. The highest BCUT2D eigenvalue weighted by Crippen LogP contribution is 2.14. The largest absolute Gasteiger partial charge is 0.478 e. The van der Waals surface area contributed by atoms with E-state index in [9.17, 15) is 0 Å². The van der Waals surface area contributed by atoms with Crippen LogP contribution in [-0.4, -0.2) is 36.8 Å². The smallest absolute Gasteiger partial charge is 0.218 e. The van der Waals surface area contributed by atoms with Crippen LogP contribution in [0.1, 0.15) is 26.1 Å². The topological polar surface area (TPSA) is 56.3 Å². The fourth-order valence-corrected chi connectivity index (χ4v) is 1.28. The number of aryl methyl sites for hydroxylation is 1. The van der Waals surface area contributed by atoms with Crippen molar-refractivity contribution in [3.63, 3.8) is 0 Å². The van der Waals surface area contributed by atoms with Gasteiger partial charge in [0.1, 0.15) is 11.6 Å². The molecule has 0 aliphatic carbocycles. The van der Waals surface area contributed by atoms with Crippen LogP contribution in [0.2, 0.25) is 0 Å². The minimum Gasteiger partial charge on any atom is -0.478 e. The zero-order valence-electron chi connectivity index (χ0n) is 10.8. The fraction of sp³-hybridized carbons (Fsp3) is 0.667. The van der Waals surface area contributed by atoms with Crippen molar-refractivity contribution in [1.29, 1.82) is 0 Å². The van der Waals surface area contributed by atoms with Crippen LogP contribution >= 0.6 is 0 Å². The monoisotopic (exact) mass is 239 g/mol. The van der Waals surface area contributed by atoms with Gasteiger partial charge in [0.15, 0.2) is 0 Å². The molecule has 1 rings (SSSR count). The van der Waals surface area contributed by atoms with Crippen LogP contribution in [0.25, 0.3) is 0 Å². The van der Waals surface area contributed by atoms with Gasteiger partial charge in [-0.3, -0.25) is 0 Å². The molecule has 0 atom stereocenters. The van der Waals surface area contributed by atoms with Crippen LogP contribution < -0.4 is 10.1 Å². The van der Waals surface area contributed by atoms with Crippen molar-refractivity contribution in [1.82, 2.24) is 9.97 Å². The molecule has 0 bridgehead atoms. The number of aromatic nitrogens is 2. The van der Waals surface area contributed by atoms with Gasteiger partial charge in [-0.05, 0) is 6.42 Å². The number of ether oxygens (including phenoxy) is 2. The predicted octanol–water partition coefficient (Wildman–Crippen LogP) is 1.89. The molecule has 5 nitrogen and oxygen atoms in total. The van der Waals surface area contributed by atoms with E-state index in [1.807, 2.05) is 13.0 Å². The third-order valence-corrected chi connectivity index (χ3v) is 2.13. The Hall–Kier alpha value is -1.36. The Balaban J connectivity index is 2.67. The van der Waals surface area contributed by atoms with Crippen LogP contribution in [0.4, 0.5) is 5.82 Å². The van der Waals surface area contributed by atoms with Gasteiger partial charge in [0.05, 0.1) is 13.2 Å². The molecule has 96 valence electrons. The van der Waals surface area contributed by atoms with E-state index in [0.29, 0.717) is 19.1 Å². The van der Waals surface area contributed by atoms with Crippen molar-refractivity contribution in [2.45, 2.75) is 26.7 Å². The summed E-state index contributed by atoms with van der Waals surface area (Å²) < 4.78 is 10.5. The van der Waals surface area contributed by atoms with Gasteiger partial charge in [-0.15, -0.1) is 0 Å². The Kier molecular flexibility index (Phi) is 6.32. The zero-order valence-corrected chi connectivity index (χ0v) is 10.8. The number of hydrogen-bond donors (Lipinski definition) is 1. The molecular weight excluding hydrogens is 218 g/mol. The Morgan fingerprint density at radius 2 is 2.06 bits per heavy atom. The molecule has 1 aromatic rings. The highest BCUT2D eigenvalue weighted by atomic mass is 16.5. The summed E-state index contributed by atoms with van der Waals surface area (Å²) in [7, 11) is 1.68. The Labute approximate surface area is 103 Å². The minimum absolute atomic E-state index is 0.638. The normalized spacial score (nSPS) is 10.3. The van der Waals surface area contributed by atoms with Crippen molar-refractivity contribution >= 4 is 5.82 Å². The molecule has 0 aliphatic rings. The van der Waals surface area contributed by atoms with E-state index in [4.69, 9.17) is 9.47 Å². The molecule has 1 N–H and O–H groups in total. The van der Waals surface area contributed by atoms with E-state index in [2.05, 4.69) is 22.2 Å². The summed E-state index contributed by atoms with van der Waals surface area (Å²) in [4.78, 5) is 8.69. The van der Waals surface area contributed by atoms with Crippen molar-refractivity contribution in [2.75, 3.05) is 32.2 Å². The molecular formula is C12H21N3O2. The molecule has 0 spiro atoms. The molecule has 1 aromatic heterocycles. The van der Waals surface area contributed by atoms with Crippen molar-refractivity contribution in [3.05, 3.63) is 11.9 Å². The SMILES string of the molecule is CCCOc1cc(NCCOC)nc(CC)n1. The lowest BCUT2D eigenvalue weighted by atomic mass is 10.4. The molecule has 0 aliphatic heterocycles. The van der Waals surface area contributed by atoms with E-state index in [0.717, 1.165) is 31.0 Å². The van der Waals surface area contributed by atoms with Gasteiger partial charge in [0.2, 0.25) is 5.88 Å². The first-order chi connectivity index (χ1) is 8.30. The van der Waals surface area contributed by atoms with Gasteiger partial charge >= 0.3 is 0 Å². The van der Waals surface area contributed by atoms with Gasteiger partial charge in [-0.2, -0.15) is 4.98 Å². The minimum atomic E-state index is 0.638. The van der Waals surface area contributed by atoms with Gasteiger partial charge in [-0.1, -0.05) is 13.8 Å². The summed E-state index contributed by atoms with van der Waals surface area (Å²) in [6.45, 7) is 6.15. The summed E-state index contributed by atoms with van der Waals surface area (Å²) in [6, 6.07) is 1.82. The average Bonchev–Trinajstić information content (AvgIpc) is 2.36.